The van der Waals surface area contributed by atoms with Gasteiger partial charge in [0, 0.05) is 28.3 Å². The lowest BCUT2D eigenvalue weighted by Gasteiger charge is -2.11. The molecule has 0 bridgehead atoms. The summed E-state index contributed by atoms with van der Waals surface area (Å²) in [6.45, 7) is 0.921. The maximum absolute atomic E-state index is 11.0. The average molecular weight is 333 g/mol. The van der Waals surface area contributed by atoms with Gasteiger partial charge in [-0.2, -0.15) is 12.6 Å². The molecule has 0 heterocycles. The summed E-state index contributed by atoms with van der Waals surface area (Å²) in [7, 11) is 2.72. The van der Waals surface area contributed by atoms with E-state index in [2.05, 4.69) is 27.2 Å². The van der Waals surface area contributed by atoms with Crippen molar-refractivity contribution in [3.63, 3.8) is 0 Å². The predicted octanol–water partition coefficient (Wildman–Crippen LogP) is 1.88. The van der Waals surface area contributed by atoms with Gasteiger partial charge in [-0.05, 0) is 25.5 Å². The fraction of sp³-hybridized carbons (Fsp3) is 0.875. The Morgan fingerprint density at radius 2 is 2.15 bits per heavy atom. The van der Waals surface area contributed by atoms with Gasteiger partial charge in [0.25, 0.3) is 0 Å². The number of thiol groups is 1. The van der Waals surface area contributed by atoms with Crippen molar-refractivity contribution in [1.82, 2.24) is 5.32 Å². The second kappa shape index (κ2) is 9.69. The molecule has 0 fully saturated rings. The van der Waals surface area contributed by atoms with Crippen LogP contribution in [0, 0.1) is 0 Å². The summed E-state index contributed by atoms with van der Waals surface area (Å²) in [6.07, 6.45) is 4.78. The zero-order chi connectivity index (χ0) is 10.1. The van der Waals surface area contributed by atoms with Gasteiger partial charge in [-0.1, -0.05) is 6.42 Å². The van der Waals surface area contributed by atoms with Gasteiger partial charge in [0.15, 0.2) is 0 Å². The highest BCUT2D eigenvalue weighted by molar-refractivity contribution is 14.1. The fourth-order valence-corrected chi connectivity index (χ4v) is 2.31. The van der Waals surface area contributed by atoms with Crippen LogP contribution >= 0.6 is 44.5 Å². The number of nitrogens with one attached hydrogen (secondary N) is 1. The van der Waals surface area contributed by atoms with Crippen molar-refractivity contribution in [3.8, 4) is 0 Å². The smallest absolute Gasteiger partial charge is 0.209 e. The van der Waals surface area contributed by atoms with Crippen LogP contribution < -0.4 is 5.32 Å². The highest BCUT2D eigenvalue weighted by Gasteiger charge is 2.11. The Labute approximate surface area is 102 Å². The molecule has 0 aromatic carbocycles. The molecule has 0 radical (unpaired) electrons. The topological polar surface area (TPSA) is 29.1 Å². The van der Waals surface area contributed by atoms with Crippen LogP contribution in [0.3, 0.4) is 0 Å². The molecule has 2 atom stereocenters. The molecule has 0 saturated carbocycles. The first-order valence-electron chi connectivity index (χ1n) is 4.46. The molecule has 1 unspecified atom stereocenters. The molecule has 0 amide bonds. The summed E-state index contributed by atoms with van der Waals surface area (Å²) < 4.78 is 0.152. The highest BCUT2D eigenvalue weighted by Crippen LogP contribution is 2.00. The molecule has 0 spiro atoms. The molecule has 13 heavy (non-hydrogen) atoms. The lowest BCUT2D eigenvalue weighted by Crippen LogP contribution is -2.36. The van der Waals surface area contributed by atoms with E-state index in [9.17, 15) is 4.79 Å². The molecule has 0 aromatic rings. The van der Waals surface area contributed by atoms with Crippen molar-refractivity contribution in [3.05, 3.63) is 0 Å². The molecule has 0 aliphatic rings. The third-order valence-electron chi connectivity index (χ3n) is 1.73. The van der Waals surface area contributed by atoms with Crippen molar-refractivity contribution in [2.75, 3.05) is 18.5 Å². The number of rotatable bonds is 8. The quantitative estimate of drug-likeness (QED) is 0.234. The number of unbranched alkanes of at least 4 members (excludes halogenated alkanes) is 2. The van der Waals surface area contributed by atoms with E-state index in [1.807, 2.05) is 22.6 Å². The Bertz CT molecular complexity index is 148. The fourth-order valence-electron chi connectivity index (χ4n) is 0.939. The van der Waals surface area contributed by atoms with Crippen molar-refractivity contribution in [1.29, 1.82) is 0 Å². The first-order chi connectivity index (χ1) is 6.22. The van der Waals surface area contributed by atoms with Crippen LogP contribution in [0.25, 0.3) is 0 Å². The lowest BCUT2D eigenvalue weighted by atomic mass is 10.2. The van der Waals surface area contributed by atoms with E-state index in [1.165, 1.54) is 19.0 Å². The summed E-state index contributed by atoms with van der Waals surface area (Å²) in [5.74, 6) is 0.589. The molecule has 0 aliphatic heterocycles. The summed E-state index contributed by atoms with van der Waals surface area (Å²) in [6, 6.07) is -0.0695. The molecule has 2 nitrogen and oxygen atoms in total. The Balaban J connectivity index is 3.33. The minimum absolute atomic E-state index is 0.0695. The monoisotopic (exact) mass is 333 g/mol. The van der Waals surface area contributed by atoms with Crippen LogP contribution in [0.4, 0.5) is 0 Å². The van der Waals surface area contributed by atoms with Crippen molar-refractivity contribution in [2.45, 2.75) is 25.3 Å². The van der Waals surface area contributed by atoms with Crippen LogP contribution in [0.5, 0.6) is 0 Å². The van der Waals surface area contributed by atoms with Gasteiger partial charge in [-0.25, -0.2) is 0 Å². The van der Waals surface area contributed by atoms with E-state index >= 15 is 0 Å². The Kier molecular flexibility index (Phi) is 10.5. The lowest BCUT2D eigenvalue weighted by molar-refractivity contribution is -0.110. The van der Waals surface area contributed by atoms with Crippen LogP contribution in [0.1, 0.15) is 19.3 Å². The van der Waals surface area contributed by atoms with Gasteiger partial charge >= 0.3 is 0 Å². The molecule has 0 saturated heterocycles. The molecule has 1 N–H and O–H groups in total. The standard InChI is InChI=1S/C8H17INOPS/c9-8(11)7(6-13)10-4-2-1-3-5-12/h7,10,13H,1-6,12H2/t7-/m0/s1. The van der Waals surface area contributed by atoms with Crippen molar-refractivity contribution >= 4 is 48.2 Å². The molecular weight excluding hydrogens is 316 g/mol. The van der Waals surface area contributed by atoms with Crippen LogP contribution in [0.2, 0.25) is 0 Å². The predicted molar refractivity (Wildman–Crippen MR) is 73.1 cm³/mol. The van der Waals surface area contributed by atoms with E-state index < -0.39 is 0 Å². The molecule has 78 valence electrons. The molecule has 0 aromatic heterocycles. The van der Waals surface area contributed by atoms with E-state index in [4.69, 9.17) is 0 Å². The Hall–Kier alpha value is 1.14. The minimum atomic E-state index is -0.0695. The van der Waals surface area contributed by atoms with Crippen molar-refractivity contribution < 1.29 is 4.79 Å². The molecule has 0 rings (SSSR count). The first-order valence-corrected chi connectivity index (χ1v) is 6.98. The third-order valence-corrected chi connectivity index (χ3v) is 3.25. The number of hydrogen-bond acceptors (Lipinski definition) is 3. The van der Waals surface area contributed by atoms with Crippen LogP contribution in [-0.4, -0.2) is 28.3 Å². The number of carbonyl (C=O) groups excluding carboxylic acids is 1. The van der Waals surface area contributed by atoms with Gasteiger partial charge in [-0.15, -0.1) is 9.24 Å². The summed E-state index contributed by atoms with van der Waals surface area (Å²) in [4.78, 5) is 11.0. The van der Waals surface area contributed by atoms with E-state index in [1.54, 1.807) is 0 Å². The first kappa shape index (κ1) is 14.1. The van der Waals surface area contributed by atoms with Gasteiger partial charge in [0.1, 0.15) is 0 Å². The zero-order valence-corrected chi connectivity index (χ0v) is 11.8. The Morgan fingerprint density at radius 1 is 1.46 bits per heavy atom. The molecule has 5 heteroatoms. The highest BCUT2D eigenvalue weighted by atomic mass is 127. The number of carbonyl (C=O) groups is 1. The minimum Gasteiger partial charge on any atom is -0.306 e. The van der Waals surface area contributed by atoms with Crippen LogP contribution in [-0.2, 0) is 4.79 Å². The summed E-state index contributed by atoms with van der Waals surface area (Å²) >= 11 is 5.93. The van der Waals surface area contributed by atoms with E-state index in [-0.39, 0.29) is 9.83 Å². The number of hydrogen-bond donors (Lipinski definition) is 2. The second-order valence-corrected chi connectivity index (χ2v) is 4.85. The number of halogens is 1. The van der Waals surface area contributed by atoms with Crippen LogP contribution in [0.15, 0.2) is 0 Å². The summed E-state index contributed by atoms with van der Waals surface area (Å²) in [5.41, 5.74) is 0. The normalized spacial score (nSPS) is 12.8. The maximum Gasteiger partial charge on any atom is 0.209 e. The SMILES string of the molecule is O=C(I)[C@H](CS)NCCCCCP. The Morgan fingerprint density at radius 3 is 2.62 bits per heavy atom. The average Bonchev–Trinajstić information content (AvgIpc) is 2.10. The second-order valence-electron chi connectivity index (χ2n) is 2.84. The zero-order valence-electron chi connectivity index (χ0n) is 7.63. The molecular formula is C8H17INOPS. The van der Waals surface area contributed by atoms with E-state index in [0.29, 0.717) is 5.75 Å². The van der Waals surface area contributed by atoms with Gasteiger partial charge in [0.05, 0.1) is 6.04 Å². The largest absolute Gasteiger partial charge is 0.306 e. The summed E-state index contributed by atoms with van der Waals surface area (Å²) in [5, 5.41) is 3.19. The third kappa shape index (κ3) is 8.16. The van der Waals surface area contributed by atoms with Gasteiger partial charge in [-0.3, -0.25) is 4.79 Å². The molecule has 0 aliphatic carbocycles. The van der Waals surface area contributed by atoms with Gasteiger partial charge < -0.3 is 5.32 Å². The maximum atomic E-state index is 11.0. The van der Waals surface area contributed by atoms with Crippen molar-refractivity contribution in [2.24, 2.45) is 0 Å². The van der Waals surface area contributed by atoms with Gasteiger partial charge in [0.2, 0.25) is 3.79 Å². The van der Waals surface area contributed by atoms with E-state index in [0.717, 1.165) is 13.0 Å².